The summed E-state index contributed by atoms with van der Waals surface area (Å²) >= 11 is 1.55. The zero-order valence-electron chi connectivity index (χ0n) is 12.4. The summed E-state index contributed by atoms with van der Waals surface area (Å²) in [6.45, 7) is 0.0490. The molecule has 1 aromatic heterocycles. The van der Waals surface area contributed by atoms with E-state index in [1.165, 1.54) is 0 Å². The van der Waals surface area contributed by atoms with Gasteiger partial charge in [0.1, 0.15) is 0 Å². The lowest BCUT2D eigenvalue weighted by Gasteiger charge is -2.11. The molecule has 3 aromatic rings. The summed E-state index contributed by atoms with van der Waals surface area (Å²) in [5.74, 6) is -2.28. The van der Waals surface area contributed by atoms with Gasteiger partial charge in [-0.2, -0.15) is 11.3 Å². The van der Waals surface area contributed by atoms with Crippen molar-refractivity contribution in [2.24, 2.45) is 0 Å². The molecule has 0 saturated carbocycles. The van der Waals surface area contributed by atoms with Gasteiger partial charge in [0.25, 0.3) is 0 Å². The van der Waals surface area contributed by atoms with Gasteiger partial charge in [-0.25, -0.2) is 21.9 Å². The fraction of sp³-hybridized carbons (Fsp3) is 0.0588. The Labute approximate surface area is 142 Å². The Morgan fingerprint density at radius 1 is 1.00 bits per heavy atom. The molecule has 0 amide bonds. The molecule has 1 N–H and O–H groups in total. The van der Waals surface area contributed by atoms with Gasteiger partial charge < -0.3 is 0 Å². The van der Waals surface area contributed by atoms with Crippen LogP contribution in [0.3, 0.4) is 0 Å². The molecule has 2 aromatic carbocycles. The van der Waals surface area contributed by atoms with Crippen LogP contribution in [0.2, 0.25) is 0 Å². The average Bonchev–Trinajstić information content (AvgIpc) is 3.10. The number of rotatable bonds is 5. The van der Waals surface area contributed by atoms with E-state index in [0.717, 1.165) is 28.8 Å². The summed E-state index contributed by atoms with van der Waals surface area (Å²) in [7, 11) is -3.94. The molecule has 0 aliphatic rings. The second kappa shape index (κ2) is 6.80. The molecule has 0 fully saturated rings. The first-order valence-electron chi connectivity index (χ1n) is 7.02. The summed E-state index contributed by atoms with van der Waals surface area (Å²) in [6.07, 6.45) is 0. The predicted octanol–water partition coefficient (Wildman–Crippen LogP) is 4.17. The first-order chi connectivity index (χ1) is 11.5. The van der Waals surface area contributed by atoms with E-state index < -0.39 is 21.7 Å². The highest BCUT2D eigenvalue weighted by atomic mass is 32.2. The SMILES string of the molecule is O=S(=O)(NCc1ccccc1-c1ccsc1)c1ccc(F)c(F)c1. The van der Waals surface area contributed by atoms with Crippen molar-refractivity contribution < 1.29 is 17.2 Å². The van der Waals surface area contributed by atoms with E-state index in [1.807, 2.05) is 41.1 Å². The van der Waals surface area contributed by atoms with Crippen LogP contribution in [0.5, 0.6) is 0 Å². The Hall–Kier alpha value is -2.09. The van der Waals surface area contributed by atoms with Gasteiger partial charge in [-0.15, -0.1) is 0 Å². The standard InChI is InChI=1S/C17H13F2NO2S2/c18-16-6-5-14(9-17(16)19)24(21,22)20-10-12-3-1-2-4-15(12)13-7-8-23-11-13/h1-9,11,20H,10H2. The highest BCUT2D eigenvalue weighted by Crippen LogP contribution is 2.26. The number of hydrogen-bond acceptors (Lipinski definition) is 3. The zero-order valence-corrected chi connectivity index (χ0v) is 14.0. The molecule has 0 unspecified atom stereocenters. The molecule has 3 nitrogen and oxygen atoms in total. The molecule has 0 radical (unpaired) electrons. The van der Waals surface area contributed by atoms with Gasteiger partial charge in [0, 0.05) is 6.54 Å². The van der Waals surface area contributed by atoms with E-state index in [0.29, 0.717) is 6.07 Å². The number of sulfonamides is 1. The molecule has 0 spiro atoms. The third kappa shape index (κ3) is 3.53. The quantitative estimate of drug-likeness (QED) is 0.738. The molecule has 24 heavy (non-hydrogen) atoms. The lowest BCUT2D eigenvalue weighted by molar-refractivity contribution is 0.504. The molecule has 1 heterocycles. The second-order valence-electron chi connectivity index (χ2n) is 5.07. The Bertz CT molecular complexity index is 954. The Morgan fingerprint density at radius 2 is 1.79 bits per heavy atom. The van der Waals surface area contributed by atoms with E-state index >= 15 is 0 Å². The van der Waals surface area contributed by atoms with Crippen molar-refractivity contribution in [2.45, 2.75) is 11.4 Å². The van der Waals surface area contributed by atoms with Crippen molar-refractivity contribution in [1.29, 1.82) is 0 Å². The minimum Gasteiger partial charge on any atom is -0.207 e. The fourth-order valence-electron chi connectivity index (χ4n) is 2.27. The molecular formula is C17H13F2NO2S2. The molecule has 3 rings (SSSR count). The summed E-state index contributed by atoms with van der Waals surface area (Å²) < 4.78 is 53.2. The smallest absolute Gasteiger partial charge is 0.207 e. The predicted molar refractivity (Wildman–Crippen MR) is 90.1 cm³/mol. The monoisotopic (exact) mass is 365 g/mol. The maximum Gasteiger partial charge on any atom is 0.240 e. The molecule has 7 heteroatoms. The Kier molecular flexibility index (Phi) is 4.75. The lowest BCUT2D eigenvalue weighted by atomic mass is 10.0. The van der Waals surface area contributed by atoms with Crippen LogP contribution in [0.15, 0.2) is 64.2 Å². The first kappa shape index (κ1) is 16.8. The van der Waals surface area contributed by atoms with E-state index in [2.05, 4.69) is 4.72 Å². The largest absolute Gasteiger partial charge is 0.240 e. The van der Waals surface area contributed by atoms with Crippen LogP contribution in [-0.4, -0.2) is 8.42 Å². The van der Waals surface area contributed by atoms with Gasteiger partial charge in [-0.1, -0.05) is 24.3 Å². The number of benzene rings is 2. The van der Waals surface area contributed by atoms with Crippen molar-refractivity contribution in [3.05, 3.63) is 76.5 Å². The lowest BCUT2D eigenvalue weighted by Crippen LogP contribution is -2.23. The summed E-state index contributed by atoms with van der Waals surface area (Å²) in [4.78, 5) is -0.311. The van der Waals surface area contributed by atoms with Gasteiger partial charge in [0.05, 0.1) is 4.90 Å². The summed E-state index contributed by atoms with van der Waals surface area (Å²) in [5, 5.41) is 3.92. The first-order valence-corrected chi connectivity index (χ1v) is 9.45. The van der Waals surface area contributed by atoms with Crippen molar-refractivity contribution >= 4 is 21.4 Å². The third-order valence-electron chi connectivity index (χ3n) is 3.50. The van der Waals surface area contributed by atoms with Crippen molar-refractivity contribution in [1.82, 2.24) is 4.72 Å². The molecular weight excluding hydrogens is 352 g/mol. The molecule has 0 saturated heterocycles. The number of halogens is 2. The van der Waals surface area contributed by atoms with E-state index in [9.17, 15) is 17.2 Å². The Morgan fingerprint density at radius 3 is 2.50 bits per heavy atom. The van der Waals surface area contributed by atoms with Gasteiger partial charge >= 0.3 is 0 Å². The minimum atomic E-state index is -3.94. The van der Waals surface area contributed by atoms with Crippen molar-refractivity contribution in [3.63, 3.8) is 0 Å². The fourth-order valence-corrected chi connectivity index (χ4v) is 3.95. The van der Waals surface area contributed by atoms with E-state index in [1.54, 1.807) is 11.3 Å². The van der Waals surface area contributed by atoms with Crippen LogP contribution < -0.4 is 4.72 Å². The Balaban J connectivity index is 1.84. The summed E-state index contributed by atoms with van der Waals surface area (Å²) in [5.41, 5.74) is 2.72. The van der Waals surface area contributed by atoms with Crippen LogP contribution in [0.4, 0.5) is 8.78 Å². The number of hydrogen-bond donors (Lipinski definition) is 1. The molecule has 0 atom stereocenters. The van der Waals surface area contributed by atoms with Crippen LogP contribution >= 0.6 is 11.3 Å². The van der Waals surface area contributed by atoms with E-state index in [4.69, 9.17) is 0 Å². The van der Waals surface area contributed by atoms with Crippen LogP contribution in [0.1, 0.15) is 5.56 Å². The average molecular weight is 365 g/mol. The number of thiophene rings is 1. The van der Waals surface area contributed by atoms with Gasteiger partial charge in [-0.3, -0.25) is 0 Å². The van der Waals surface area contributed by atoms with Gasteiger partial charge in [0.15, 0.2) is 11.6 Å². The molecule has 0 bridgehead atoms. The van der Waals surface area contributed by atoms with Crippen LogP contribution in [0, 0.1) is 11.6 Å². The number of nitrogens with one attached hydrogen (secondary N) is 1. The maximum absolute atomic E-state index is 13.3. The van der Waals surface area contributed by atoms with Gasteiger partial charge in [0.2, 0.25) is 10.0 Å². The molecule has 0 aliphatic carbocycles. The van der Waals surface area contributed by atoms with Crippen LogP contribution in [-0.2, 0) is 16.6 Å². The minimum absolute atomic E-state index is 0.0490. The van der Waals surface area contributed by atoms with Crippen molar-refractivity contribution in [2.75, 3.05) is 0 Å². The highest BCUT2D eigenvalue weighted by Gasteiger charge is 2.17. The molecule has 124 valence electrons. The van der Waals surface area contributed by atoms with Crippen LogP contribution in [0.25, 0.3) is 11.1 Å². The third-order valence-corrected chi connectivity index (χ3v) is 5.59. The van der Waals surface area contributed by atoms with Crippen molar-refractivity contribution in [3.8, 4) is 11.1 Å². The maximum atomic E-state index is 13.3. The molecule has 0 aliphatic heterocycles. The normalized spacial score (nSPS) is 11.6. The second-order valence-corrected chi connectivity index (χ2v) is 7.62. The highest BCUT2D eigenvalue weighted by molar-refractivity contribution is 7.89. The topological polar surface area (TPSA) is 46.2 Å². The summed E-state index contributed by atoms with van der Waals surface area (Å²) in [6, 6.07) is 11.9. The zero-order chi connectivity index (χ0) is 17.2. The van der Waals surface area contributed by atoms with E-state index in [-0.39, 0.29) is 11.4 Å². The van der Waals surface area contributed by atoms with Gasteiger partial charge in [-0.05, 0) is 51.7 Å².